The molecule has 0 bridgehead atoms. The van der Waals surface area contributed by atoms with Crippen LogP contribution in [0.25, 0.3) is 0 Å². The zero-order chi connectivity index (χ0) is 12.1. The Labute approximate surface area is 104 Å². The third-order valence-corrected chi connectivity index (χ3v) is 3.38. The summed E-state index contributed by atoms with van der Waals surface area (Å²) < 4.78 is 5.70. The van der Waals surface area contributed by atoms with Crippen molar-refractivity contribution in [2.45, 2.75) is 25.8 Å². The quantitative estimate of drug-likeness (QED) is 0.848. The molecule has 2 N–H and O–H groups in total. The fourth-order valence-corrected chi connectivity index (χ4v) is 2.57. The highest BCUT2D eigenvalue weighted by Gasteiger charge is 2.24. The van der Waals surface area contributed by atoms with Crippen molar-refractivity contribution >= 4 is 0 Å². The van der Waals surface area contributed by atoms with Gasteiger partial charge in [0.15, 0.2) is 0 Å². The summed E-state index contributed by atoms with van der Waals surface area (Å²) >= 11 is 0. The van der Waals surface area contributed by atoms with E-state index >= 15 is 0 Å². The van der Waals surface area contributed by atoms with Gasteiger partial charge in [-0.2, -0.15) is 0 Å². The van der Waals surface area contributed by atoms with Gasteiger partial charge in [0.25, 0.3) is 0 Å². The number of nitrogens with two attached hydrogens (primary N) is 1. The van der Waals surface area contributed by atoms with E-state index < -0.39 is 0 Å². The molecule has 0 aliphatic carbocycles. The zero-order valence-corrected chi connectivity index (χ0v) is 10.6. The standard InChI is InChI=1S/C14H22N2O/c1-2-17-14-8-4-3-7-12(14)13(11-15)16-9-5-6-10-16/h3-4,7-8,13H,2,5-6,9-11,15H2,1H3/t13-/m1/s1. The minimum Gasteiger partial charge on any atom is -0.494 e. The molecular formula is C14H22N2O. The van der Waals surface area contributed by atoms with Gasteiger partial charge in [0.2, 0.25) is 0 Å². The lowest BCUT2D eigenvalue weighted by Gasteiger charge is -2.28. The first-order valence-corrected chi connectivity index (χ1v) is 6.52. The smallest absolute Gasteiger partial charge is 0.124 e. The molecule has 1 aliphatic rings. The number of benzene rings is 1. The summed E-state index contributed by atoms with van der Waals surface area (Å²) in [7, 11) is 0. The van der Waals surface area contributed by atoms with Crippen LogP contribution in [0.5, 0.6) is 5.75 Å². The van der Waals surface area contributed by atoms with Crippen LogP contribution in [0, 0.1) is 0 Å². The maximum Gasteiger partial charge on any atom is 0.124 e. The Balaban J connectivity index is 2.22. The largest absolute Gasteiger partial charge is 0.494 e. The van der Waals surface area contributed by atoms with E-state index in [9.17, 15) is 0 Å². The van der Waals surface area contributed by atoms with Gasteiger partial charge < -0.3 is 10.5 Å². The van der Waals surface area contributed by atoms with Crippen molar-refractivity contribution in [1.29, 1.82) is 0 Å². The Kier molecular flexibility index (Phi) is 4.40. The third kappa shape index (κ3) is 2.79. The Morgan fingerprint density at radius 3 is 2.65 bits per heavy atom. The first kappa shape index (κ1) is 12.4. The van der Waals surface area contributed by atoms with Gasteiger partial charge in [-0.3, -0.25) is 4.90 Å². The average molecular weight is 234 g/mol. The molecule has 3 nitrogen and oxygen atoms in total. The molecule has 1 saturated heterocycles. The van der Waals surface area contributed by atoms with Crippen LogP contribution in [-0.4, -0.2) is 31.1 Å². The minimum absolute atomic E-state index is 0.306. The van der Waals surface area contributed by atoms with Gasteiger partial charge in [0.1, 0.15) is 5.75 Å². The molecule has 3 heteroatoms. The fraction of sp³-hybridized carbons (Fsp3) is 0.571. The molecule has 1 aliphatic heterocycles. The molecule has 0 amide bonds. The monoisotopic (exact) mass is 234 g/mol. The number of rotatable bonds is 5. The molecule has 2 rings (SSSR count). The molecule has 0 unspecified atom stereocenters. The molecule has 1 atom stereocenters. The second-order valence-corrected chi connectivity index (χ2v) is 4.47. The molecule has 17 heavy (non-hydrogen) atoms. The highest BCUT2D eigenvalue weighted by molar-refractivity contribution is 5.36. The molecular weight excluding hydrogens is 212 g/mol. The van der Waals surface area contributed by atoms with Gasteiger partial charge >= 0.3 is 0 Å². The first-order chi connectivity index (χ1) is 8.36. The molecule has 0 spiro atoms. The highest BCUT2D eigenvalue weighted by Crippen LogP contribution is 2.30. The summed E-state index contributed by atoms with van der Waals surface area (Å²) in [5, 5.41) is 0. The van der Waals surface area contributed by atoms with Crippen molar-refractivity contribution in [3.05, 3.63) is 29.8 Å². The first-order valence-electron chi connectivity index (χ1n) is 6.52. The molecule has 0 saturated carbocycles. The van der Waals surface area contributed by atoms with E-state index in [1.807, 2.05) is 19.1 Å². The number of ether oxygens (including phenoxy) is 1. The van der Waals surface area contributed by atoms with Crippen LogP contribution in [0.15, 0.2) is 24.3 Å². The molecule has 1 heterocycles. The van der Waals surface area contributed by atoms with Crippen LogP contribution in [0.2, 0.25) is 0 Å². The second kappa shape index (κ2) is 6.03. The van der Waals surface area contributed by atoms with Gasteiger partial charge in [-0.15, -0.1) is 0 Å². The molecule has 0 radical (unpaired) electrons. The summed E-state index contributed by atoms with van der Waals surface area (Å²) in [4.78, 5) is 2.47. The number of hydrogen-bond acceptors (Lipinski definition) is 3. The van der Waals surface area contributed by atoms with Gasteiger partial charge in [-0.1, -0.05) is 18.2 Å². The van der Waals surface area contributed by atoms with Crippen LogP contribution in [0.3, 0.4) is 0 Å². The topological polar surface area (TPSA) is 38.5 Å². The summed E-state index contributed by atoms with van der Waals surface area (Å²) in [6.45, 7) is 5.69. The predicted molar refractivity (Wildman–Crippen MR) is 70.2 cm³/mol. The van der Waals surface area contributed by atoms with Gasteiger partial charge in [-0.05, 0) is 38.9 Å². The summed E-state index contributed by atoms with van der Waals surface area (Å²) in [5.41, 5.74) is 7.19. The van der Waals surface area contributed by atoms with Gasteiger partial charge in [-0.25, -0.2) is 0 Å². The van der Waals surface area contributed by atoms with E-state index in [0.717, 1.165) is 18.8 Å². The molecule has 94 valence electrons. The third-order valence-electron chi connectivity index (χ3n) is 3.38. The van der Waals surface area contributed by atoms with E-state index in [4.69, 9.17) is 10.5 Å². The van der Waals surface area contributed by atoms with Crippen LogP contribution >= 0.6 is 0 Å². The van der Waals surface area contributed by atoms with Crippen molar-refractivity contribution in [1.82, 2.24) is 4.90 Å². The second-order valence-electron chi connectivity index (χ2n) is 4.47. The van der Waals surface area contributed by atoms with E-state index in [0.29, 0.717) is 19.2 Å². The maximum atomic E-state index is 5.95. The van der Waals surface area contributed by atoms with Crippen LogP contribution < -0.4 is 10.5 Å². The molecule has 1 aromatic rings. The van der Waals surface area contributed by atoms with Crippen molar-refractivity contribution < 1.29 is 4.74 Å². The van der Waals surface area contributed by atoms with Crippen molar-refractivity contribution in [2.75, 3.05) is 26.2 Å². The number of para-hydroxylation sites is 1. The van der Waals surface area contributed by atoms with Crippen molar-refractivity contribution in [3.63, 3.8) is 0 Å². The Morgan fingerprint density at radius 1 is 1.29 bits per heavy atom. The summed E-state index contributed by atoms with van der Waals surface area (Å²) in [5.74, 6) is 0.984. The minimum atomic E-state index is 0.306. The SMILES string of the molecule is CCOc1ccccc1[C@@H](CN)N1CCCC1. The highest BCUT2D eigenvalue weighted by atomic mass is 16.5. The Bertz CT molecular complexity index is 348. The van der Waals surface area contributed by atoms with Crippen LogP contribution in [0.4, 0.5) is 0 Å². The van der Waals surface area contributed by atoms with Crippen LogP contribution in [-0.2, 0) is 0 Å². The zero-order valence-electron chi connectivity index (χ0n) is 10.6. The van der Waals surface area contributed by atoms with Crippen molar-refractivity contribution in [2.24, 2.45) is 5.73 Å². The van der Waals surface area contributed by atoms with Crippen molar-refractivity contribution in [3.8, 4) is 5.75 Å². The molecule has 0 aromatic heterocycles. The van der Waals surface area contributed by atoms with Gasteiger partial charge in [0.05, 0.1) is 12.6 Å². The van der Waals surface area contributed by atoms with E-state index in [-0.39, 0.29) is 0 Å². The summed E-state index contributed by atoms with van der Waals surface area (Å²) in [6.07, 6.45) is 2.57. The van der Waals surface area contributed by atoms with E-state index in [1.54, 1.807) is 0 Å². The average Bonchev–Trinajstić information content (AvgIpc) is 2.86. The van der Waals surface area contributed by atoms with E-state index in [2.05, 4.69) is 17.0 Å². The number of likely N-dealkylation sites (tertiary alicyclic amines) is 1. The van der Waals surface area contributed by atoms with E-state index in [1.165, 1.54) is 18.4 Å². The lowest BCUT2D eigenvalue weighted by Crippen LogP contribution is -2.31. The molecule has 1 aromatic carbocycles. The van der Waals surface area contributed by atoms with Crippen LogP contribution in [0.1, 0.15) is 31.4 Å². The Hall–Kier alpha value is -1.06. The maximum absolute atomic E-state index is 5.95. The number of hydrogen-bond donors (Lipinski definition) is 1. The normalized spacial score (nSPS) is 18.2. The summed E-state index contributed by atoms with van der Waals surface area (Å²) in [6, 6.07) is 8.57. The lowest BCUT2D eigenvalue weighted by molar-refractivity contribution is 0.241. The predicted octanol–water partition coefficient (Wildman–Crippen LogP) is 2.18. The number of nitrogens with zero attached hydrogens (tertiary/aromatic N) is 1. The Morgan fingerprint density at radius 2 is 2.00 bits per heavy atom. The fourth-order valence-electron chi connectivity index (χ4n) is 2.57. The molecule has 1 fully saturated rings. The lowest BCUT2D eigenvalue weighted by atomic mass is 10.0. The van der Waals surface area contributed by atoms with Gasteiger partial charge in [0, 0.05) is 12.1 Å².